The zero-order valence-corrected chi connectivity index (χ0v) is 11.0. The fourth-order valence-corrected chi connectivity index (χ4v) is 0.941. The van der Waals surface area contributed by atoms with Crippen LogP contribution in [0.2, 0.25) is 0 Å². The molecule has 1 aromatic rings. The molecule has 0 atom stereocenters. The fraction of sp³-hybridized carbons (Fsp3) is 0.273. The van der Waals surface area contributed by atoms with Crippen LogP contribution in [0.1, 0.15) is 6.92 Å². The molecule has 94 valence electrons. The first-order chi connectivity index (χ1) is 7.88. The molecular weight excluding hydrogens is 292 g/mol. The molecule has 0 fully saturated rings. The van der Waals surface area contributed by atoms with Crippen LogP contribution in [-0.2, 0) is 9.59 Å². The van der Waals surface area contributed by atoms with Gasteiger partial charge in [0.05, 0.1) is 7.11 Å². The highest BCUT2D eigenvalue weighted by atomic mass is 79.9. The molecule has 0 heterocycles. The van der Waals surface area contributed by atoms with Crippen LogP contribution in [0.3, 0.4) is 0 Å². The number of carboxylic acid groups (broad SMARTS) is 2. The summed E-state index contributed by atoms with van der Waals surface area (Å²) in [6.07, 6.45) is 0. The molecular formula is C11H13BrO5. The van der Waals surface area contributed by atoms with Crippen molar-refractivity contribution in [3.8, 4) is 5.75 Å². The zero-order chi connectivity index (χ0) is 13.4. The first kappa shape index (κ1) is 15.4. The van der Waals surface area contributed by atoms with Gasteiger partial charge in [-0.1, -0.05) is 15.9 Å². The minimum Gasteiger partial charge on any atom is -0.497 e. The van der Waals surface area contributed by atoms with Gasteiger partial charge in [0, 0.05) is 4.47 Å². The Hall–Kier alpha value is -1.56. The lowest BCUT2D eigenvalue weighted by molar-refractivity contribution is -0.153. The third-order valence-electron chi connectivity index (χ3n) is 1.79. The van der Waals surface area contributed by atoms with E-state index in [0.717, 1.165) is 17.1 Å². The van der Waals surface area contributed by atoms with Crippen LogP contribution >= 0.6 is 15.9 Å². The van der Waals surface area contributed by atoms with Crippen LogP contribution < -0.4 is 4.74 Å². The second-order valence-electron chi connectivity index (χ2n) is 3.06. The number of halogens is 1. The van der Waals surface area contributed by atoms with Gasteiger partial charge in [0.25, 0.3) is 0 Å². The van der Waals surface area contributed by atoms with Gasteiger partial charge in [0.15, 0.2) is 5.92 Å². The summed E-state index contributed by atoms with van der Waals surface area (Å²) in [4.78, 5) is 19.5. The van der Waals surface area contributed by atoms with Crippen molar-refractivity contribution < 1.29 is 24.5 Å². The Balaban J connectivity index is 0.000000304. The Labute approximate surface area is 107 Å². The van der Waals surface area contributed by atoms with Crippen molar-refractivity contribution in [3.63, 3.8) is 0 Å². The molecule has 1 aromatic carbocycles. The lowest BCUT2D eigenvalue weighted by atomic mass is 10.2. The van der Waals surface area contributed by atoms with Crippen molar-refractivity contribution in [2.45, 2.75) is 6.92 Å². The first-order valence-corrected chi connectivity index (χ1v) is 5.43. The highest BCUT2D eigenvalue weighted by molar-refractivity contribution is 9.10. The van der Waals surface area contributed by atoms with E-state index in [9.17, 15) is 9.59 Å². The van der Waals surface area contributed by atoms with Crippen molar-refractivity contribution in [2.24, 2.45) is 5.92 Å². The van der Waals surface area contributed by atoms with E-state index in [2.05, 4.69) is 15.9 Å². The van der Waals surface area contributed by atoms with Gasteiger partial charge in [-0.2, -0.15) is 0 Å². The van der Waals surface area contributed by atoms with Gasteiger partial charge in [0.1, 0.15) is 5.75 Å². The molecule has 17 heavy (non-hydrogen) atoms. The molecule has 0 unspecified atom stereocenters. The maximum absolute atomic E-state index is 9.76. The van der Waals surface area contributed by atoms with Crippen LogP contribution in [0, 0.1) is 5.92 Å². The van der Waals surface area contributed by atoms with Gasteiger partial charge in [-0.3, -0.25) is 9.59 Å². The Morgan fingerprint density at radius 3 is 1.82 bits per heavy atom. The predicted molar refractivity (Wildman–Crippen MR) is 65.1 cm³/mol. The van der Waals surface area contributed by atoms with E-state index in [4.69, 9.17) is 14.9 Å². The Bertz CT molecular complexity index is 360. The molecule has 6 heteroatoms. The first-order valence-electron chi connectivity index (χ1n) is 4.63. The van der Waals surface area contributed by atoms with Gasteiger partial charge in [-0.25, -0.2) is 0 Å². The van der Waals surface area contributed by atoms with Crippen LogP contribution in [0.25, 0.3) is 0 Å². The topological polar surface area (TPSA) is 83.8 Å². The minimum atomic E-state index is -1.31. The van der Waals surface area contributed by atoms with Gasteiger partial charge >= 0.3 is 11.9 Å². The standard InChI is InChI=1S/C7H7BrO.C4H6O4/c1-9-7-4-2-6(8)3-5-7;1-2(3(5)6)4(7)8/h2-5H,1H3;2H,1H3,(H,5,6)(H,7,8). The number of aliphatic carboxylic acids is 2. The molecule has 0 aliphatic heterocycles. The van der Waals surface area contributed by atoms with E-state index in [-0.39, 0.29) is 0 Å². The van der Waals surface area contributed by atoms with Gasteiger partial charge in [-0.05, 0) is 31.2 Å². The van der Waals surface area contributed by atoms with Crippen molar-refractivity contribution >= 4 is 27.9 Å². The average Bonchev–Trinajstić information content (AvgIpc) is 2.29. The van der Waals surface area contributed by atoms with E-state index >= 15 is 0 Å². The monoisotopic (exact) mass is 304 g/mol. The SMILES string of the molecule is CC(C(=O)O)C(=O)O.COc1ccc(Br)cc1. The second kappa shape index (κ2) is 7.67. The Morgan fingerprint density at radius 2 is 1.59 bits per heavy atom. The third-order valence-corrected chi connectivity index (χ3v) is 2.32. The summed E-state index contributed by atoms with van der Waals surface area (Å²) in [5.74, 6) is -3.02. The van der Waals surface area contributed by atoms with Crippen LogP contribution in [0.4, 0.5) is 0 Å². The highest BCUT2D eigenvalue weighted by Gasteiger charge is 2.18. The Kier molecular flexibility index (Phi) is 6.97. The molecule has 0 aromatic heterocycles. The van der Waals surface area contributed by atoms with E-state index < -0.39 is 17.9 Å². The summed E-state index contributed by atoms with van der Waals surface area (Å²) in [6, 6.07) is 7.70. The van der Waals surface area contributed by atoms with Gasteiger partial charge in [0.2, 0.25) is 0 Å². The largest absolute Gasteiger partial charge is 0.497 e. The third kappa shape index (κ3) is 6.57. The number of hydrogen-bond donors (Lipinski definition) is 2. The van der Waals surface area contributed by atoms with Crippen molar-refractivity contribution in [1.82, 2.24) is 0 Å². The summed E-state index contributed by atoms with van der Waals surface area (Å²) in [6.45, 7) is 1.12. The van der Waals surface area contributed by atoms with Crippen LogP contribution in [0.15, 0.2) is 28.7 Å². The summed E-state index contributed by atoms with van der Waals surface area (Å²) in [7, 11) is 1.66. The molecule has 0 radical (unpaired) electrons. The van der Waals surface area contributed by atoms with E-state index in [1.807, 2.05) is 24.3 Å². The lowest BCUT2D eigenvalue weighted by Gasteiger charge is -1.96. The lowest BCUT2D eigenvalue weighted by Crippen LogP contribution is -2.19. The molecule has 0 spiro atoms. The van der Waals surface area contributed by atoms with Gasteiger partial charge in [-0.15, -0.1) is 0 Å². The molecule has 0 saturated heterocycles. The van der Waals surface area contributed by atoms with Gasteiger partial charge < -0.3 is 14.9 Å². The number of carbonyl (C=O) groups is 2. The normalized spacial score (nSPS) is 9.18. The quantitative estimate of drug-likeness (QED) is 0.837. The maximum Gasteiger partial charge on any atom is 0.317 e. The van der Waals surface area contributed by atoms with Crippen LogP contribution in [0.5, 0.6) is 5.75 Å². The number of rotatable bonds is 3. The minimum absolute atomic E-state index is 0.887. The summed E-state index contributed by atoms with van der Waals surface area (Å²) in [5, 5.41) is 15.9. The fourth-order valence-electron chi connectivity index (χ4n) is 0.676. The van der Waals surface area contributed by atoms with E-state index in [1.54, 1.807) is 7.11 Å². The van der Waals surface area contributed by atoms with E-state index in [0.29, 0.717) is 0 Å². The molecule has 0 bridgehead atoms. The van der Waals surface area contributed by atoms with Crippen molar-refractivity contribution in [3.05, 3.63) is 28.7 Å². The molecule has 1 rings (SSSR count). The number of carboxylic acids is 2. The summed E-state index contributed by atoms with van der Waals surface area (Å²) < 4.78 is 6.02. The van der Waals surface area contributed by atoms with E-state index in [1.165, 1.54) is 0 Å². The molecule has 2 N–H and O–H groups in total. The highest BCUT2D eigenvalue weighted by Crippen LogP contribution is 2.14. The number of methoxy groups -OCH3 is 1. The molecule has 0 aliphatic carbocycles. The zero-order valence-electron chi connectivity index (χ0n) is 9.38. The van der Waals surface area contributed by atoms with Crippen molar-refractivity contribution in [1.29, 1.82) is 0 Å². The Morgan fingerprint density at radius 1 is 1.18 bits per heavy atom. The number of ether oxygens (including phenoxy) is 1. The molecule has 0 saturated carbocycles. The molecule has 5 nitrogen and oxygen atoms in total. The summed E-state index contributed by atoms with van der Waals surface area (Å²) >= 11 is 3.32. The van der Waals surface area contributed by atoms with Crippen LogP contribution in [-0.4, -0.2) is 29.3 Å². The second-order valence-corrected chi connectivity index (χ2v) is 3.97. The average molecular weight is 305 g/mol. The number of benzene rings is 1. The smallest absolute Gasteiger partial charge is 0.317 e. The summed E-state index contributed by atoms with van der Waals surface area (Å²) in [5.41, 5.74) is 0. The maximum atomic E-state index is 9.76. The molecule has 0 aliphatic rings. The van der Waals surface area contributed by atoms with Crippen molar-refractivity contribution in [2.75, 3.05) is 7.11 Å². The molecule has 0 amide bonds. The predicted octanol–water partition coefficient (Wildman–Crippen LogP) is 2.25. The number of hydrogen-bond acceptors (Lipinski definition) is 3.